The van der Waals surface area contributed by atoms with Crippen molar-refractivity contribution < 1.29 is 4.39 Å². The smallest absolute Gasteiger partial charge is 0.148 e. The number of para-hydroxylation sites is 1. The zero-order valence-electron chi connectivity index (χ0n) is 15.7. The normalized spacial score (nSPS) is 11.9. The number of hydrogen-bond donors (Lipinski definition) is 0. The second-order valence-electron chi connectivity index (χ2n) is 5.93. The Hall–Kier alpha value is -2.73. The standard InChI is InChI=1S/C18H15ClFN5.C2H6/c1-11-8-24(18-16(11)17(19)21-10-22-18)12(2)13-7-23-25(9-13)15-6-4-3-5-14(15)20;1-2/h3-10,12H,1-2H3;1-2H3. The molecule has 5 nitrogen and oxygen atoms in total. The van der Waals surface area contributed by atoms with Gasteiger partial charge in [-0.1, -0.05) is 37.6 Å². The van der Waals surface area contributed by atoms with Crippen LogP contribution in [0.3, 0.4) is 0 Å². The molecular weight excluding hydrogens is 365 g/mol. The number of aromatic nitrogens is 5. The highest BCUT2D eigenvalue weighted by Crippen LogP contribution is 2.29. The molecule has 1 atom stereocenters. The van der Waals surface area contributed by atoms with E-state index in [-0.39, 0.29) is 11.9 Å². The summed E-state index contributed by atoms with van der Waals surface area (Å²) in [5.74, 6) is -0.313. The average molecular weight is 386 g/mol. The fourth-order valence-electron chi connectivity index (χ4n) is 3.00. The van der Waals surface area contributed by atoms with Gasteiger partial charge in [-0.15, -0.1) is 0 Å². The van der Waals surface area contributed by atoms with E-state index >= 15 is 0 Å². The molecule has 4 aromatic rings. The minimum atomic E-state index is -0.313. The van der Waals surface area contributed by atoms with E-state index in [0.717, 1.165) is 22.2 Å². The van der Waals surface area contributed by atoms with Crippen molar-refractivity contribution >= 4 is 22.6 Å². The minimum absolute atomic E-state index is 0.0392. The van der Waals surface area contributed by atoms with Gasteiger partial charge in [0.25, 0.3) is 0 Å². The highest BCUT2D eigenvalue weighted by Gasteiger charge is 2.18. The molecule has 1 unspecified atom stereocenters. The molecule has 0 aliphatic carbocycles. The summed E-state index contributed by atoms with van der Waals surface area (Å²) in [6, 6.07) is 6.51. The van der Waals surface area contributed by atoms with Crippen LogP contribution in [0.5, 0.6) is 0 Å². The van der Waals surface area contributed by atoms with Gasteiger partial charge in [-0.3, -0.25) is 0 Å². The molecule has 0 spiro atoms. The lowest BCUT2D eigenvalue weighted by atomic mass is 10.2. The van der Waals surface area contributed by atoms with Crippen LogP contribution in [0.2, 0.25) is 5.15 Å². The van der Waals surface area contributed by atoms with Gasteiger partial charge in [0, 0.05) is 18.0 Å². The van der Waals surface area contributed by atoms with Crippen LogP contribution in [0.1, 0.15) is 37.9 Å². The second-order valence-corrected chi connectivity index (χ2v) is 6.29. The topological polar surface area (TPSA) is 48.5 Å². The van der Waals surface area contributed by atoms with Crippen LogP contribution in [0.4, 0.5) is 4.39 Å². The summed E-state index contributed by atoms with van der Waals surface area (Å²) < 4.78 is 17.5. The average Bonchev–Trinajstić information content (AvgIpc) is 3.29. The number of fused-ring (bicyclic) bond motifs is 1. The fraction of sp³-hybridized carbons (Fsp3) is 0.250. The van der Waals surface area contributed by atoms with E-state index < -0.39 is 0 Å². The van der Waals surface area contributed by atoms with Gasteiger partial charge < -0.3 is 4.57 Å². The Balaban J connectivity index is 0.00000102. The number of rotatable bonds is 3. The van der Waals surface area contributed by atoms with Crippen molar-refractivity contribution in [3.05, 3.63) is 71.3 Å². The van der Waals surface area contributed by atoms with E-state index in [1.807, 2.05) is 44.7 Å². The predicted octanol–water partition coefficient (Wildman–Crippen LogP) is 5.35. The summed E-state index contributed by atoms with van der Waals surface area (Å²) >= 11 is 6.21. The van der Waals surface area contributed by atoms with Gasteiger partial charge in [0.1, 0.15) is 28.6 Å². The first kappa shape index (κ1) is 19.0. The number of nitrogens with zero attached hydrogens (tertiary/aromatic N) is 5. The number of aryl methyl sites for hydroxylation is 1. The third-order valence-electron chi connectivity index (χ3n) is 4.35. The fourth-order valence-corrected chi connectivity index (χ4v) is 3.28. The molecule has 0 aliphatic rings. The van der Waals surface area contributed by atoms with E-state index in [0.29, 0.717) is 10.8 Å². The van der Waals surface area contributed by atoms with E-state index in [2.05, 4.69) is 15.1 Å². The van der Waals surface area contributed by atoms with Crippen LogP contribution in [-0.4, -0.2) is 24.3 Å². The molecule has 3 heterocycles. The van der Waals surface area contributed by atoms with Gasteiger partial charge in [0.15, 0.2) is 0 Å². The summed E-state index contributed by atoms with van der Waals surface area (Å²) in [5, 5.41) is 5.59. The summed E-state index contributed by atoms with van der Waals surface area (Å²) in [4.78, 5) is 8.42. The molecular formula is C20H21ClFN5. The van der Waals surface area contributed by atoms with E-state index in [9.17, 15) is 4.39 Å². The van der Waals surface area contributed by atoms with Gasteiger partial charge >= 0.3 is 0 Å². The Morgan fingerprint density at radius 2 is 1.85 bits per heavy atom. The maximum Gasteiger partial charge on any atom is 0.148 e. The molecule has 0 saturated carbocycles. The van der Waals surface area contributed by atoms with Gasteiger partial charge in [-0.25, -0.2) is 19.0 Å². The van der Waals surface area contributed by atoms with E-state index in [1.165, 1.54) is 12.4 Å². The maximum absolute atomic E-state index is 14.0. The highest BCUT2D eigenvalue weighted by atomic mass is 35.5. The number of benzene rings is 1. The Labute approximate surface area is 162 Å². The lowest BCUT2D eigenvalue weighted by Gasteiger charge is -2.12. The Morgan fingerprint density at radius 3 is 2.59 bits per heavy atom. The lowest BCUT2D eigenvalue weighted by molar-refractivity contribution is 0.610. The SMILES string of the molecule is CC.Cc1cn(C(C)c2cnn(-c3ccccc3F)c2)c2ncnc(Cl)c12. The largest absolute Gasteiger partial charge is 0.325 e. The van der Waals surface area contributed by atoms with Crippen molar-refractivity contribution in [3.8, 4) is 5.69 Å². The van der Waals surface area contributed by atoms with Crippen molar-refractivity contribution in [3.63, 3.8) is 0 Å². The van der Waals surface area contributed by atoms with Crippen LogP contribution in [0.25, 0.3) is 16.7 Å². The third-order valence-corrected chi connectivity index (χ3v) is 4.64. The first-order chi connectivity index (χ1) is 13.1. The van der Waals surface area contributed by atoms with Crippen LogP contribution in [0.15, 0.2) is 49.2 Å². The van der Waals surface area contributed by atoms with Gasteiger partial charge in [-0.2, -0.15) is 5.10 Å². The molecule has 0 N–H and O–H groups in total. The number of hydrogen-bond acceptors (Lipinski definition) is 3. The summed E-state index contributed by atoms with van der Waals surface area (Å²) in [6.45, 7) is 8.02. The summed E-state index contributed by atoms with van der Waals surface area (Å²) in [5.41, 5.74) is 3.13. The van der Waals surface area contributed by atoms with Crippen LogP contribution in [0, 0.1) is 12.7 Å². The van der Waals surface area contributed by atoms with Gasteiger partial charge in [0.05, 0.1) is 17.6 Å². The van der Waals surface area contributed by atoms with E-state index in [4.69, 9.17) is 11.6 Å². The maximum atomic E-state index is 14.0. The van der Waals surface area contributed by atoms with Crippen LogP contribution in [-0.2, 0) is 0 Å². The third kappa shape index (κ3) is 3.45. The first-order valence-corrected chi connectivity index (χ1v) is 9.21. The zero-order valence-corrected chi connectivity index (χ0v) is 16.4. The predicted molar refractivity (Wildman–Crippen MR) is 106 cm³/mol. The van der Waals surface area contributed by atoms with E-state index in [1.54, 1.807) is 29.1 Å². The minimum Gasteiger partial charge on any atom is -0.325 e. The van der Waals surface area contributed by atoms with Crippen LogP contribution >= 0.6 is 11.6 Å². The first-order valence-electron chi connectivity index (χ1n) is 8.83. The zero-order chi connectivity index (χ0) is 19.6. The molecule has 0 fully saturated rings. The quantitative estimate of drug-likeness (QED) is 0.446. The Morgan fingerprint density at radius 1 is 1.11 bits per heavy atom. The van der Waals surface area contributed by atoms with Crippen molar-refractivity contribution in [2.45, 2.75) is 33.7 Å². The van der Waals surface area contributed by atoms with Crippen molar-refractivity contribution in [2.24, 2.45) is 0 Å². The Bertz CT molecular complexity index is 1070. The molecule has 0 amide bonds. The molecule has 7 heteroatoms. The Kier molecular flexibility index (Phi) is 5.56. The summed E-state index contributed by atoms with van der Waals surface area (Å²) in [7, 11) is 0. The monoisotopic (exact) mass is 385 g/mol. The van der Waals surface area contributed by atoms with Gasteiger partial charge in [-0.05, 0) is 31.5 Å². The molecule has 4 rings (SSSR count). The van der Waals surface area contributed by atoms with Crippen LogP contribution < -0.4 is 0 Å². The van der Waals surface area contributed by atoms with Crippen molar-refractivity contribution in [1.29, 1.82) is 0 Å². The van der Waals surface area contributed by atoms with Crippen molar-refractivity contribution in [2.75, 3.05) is 0 Å². The molecule has 3 aromatic heterocycles. The number of halogens is 2. The van der Waals surface area contributed by atoms with Gasteiger partial charge in [0.2, 0.25) is 0 Å². The molecule has 0 aliphatic heterocycles. The molecule has 27 heavy (non-hydrogen) atoms. The van der Waals surface area contributed by atoms with Crippen molar-refractivity contribution in [1.82, 2.24) is 24.3 Å². The molecule has 140 valence electrons. The lowest BCUT2D eigenvalue weighted by Crippen LogP contribution is -2.05. The summed E-state index contributed by atoms with van der Waals surface area (Å²) in [6.07, 6.45) is 7.01. The molecule has 0 bridgehead atoms. The second kappa shape index (κ2) is 7.88. The molecule has 1 aromatic carbocycles. The molecule has 0 saturated heterocycles. The molecule has 0 radical (unpaired) electrons. The highest BCUT2D eigenvalue weighted by molar-refractivity contribution is 6.34.